The van der Waals surface area contributed by atoms with E-state index in [2.05, 4.69) is 30.6 Å². The number of carbonyl (C=O) groups is 1. The van der Waals surface area contributed by atoms with Crippen LogP contribution in [0.25, 0.3) is 0 Å². The topological polar surface area (TPSA) is 64.4 Å². The average molecular weight is 282 g/mol. The molecule has 0 radical (unpaired) electrons. The van der Waals surface area contributed by atoms with E-state index in [1.54, 1.807) is 11.3 Å². The van der Waals surface area contributed by atoms with Crippen LogP contribution in [0.3, 0.4) is 0 Å². The van der Waals surface area contributed by atoms with Gasteiger partial charge in [0.2, 0.25) is 5.91 Å². The van der Waals surface area contributed by atoms with E-state index in [0.29, 0.717) is 13.1 Å². The van der Waals surface area contributed by atoms with Gasteiger partial charge in [-0.25, -0.2) is 0 Å². The number of hydrogen-bond acceptors (Lipinski definition) is 4. The Balaban J connectivity index is 1.84. The normalized spacial score (nSPS) is 23.5. The van der Waals surface area contributed by atoms with E-state index in [1.807, 2.05) is 6.07 Å². The molecule has 106 valence electrons. The second-order valence-corrected chi connectivity index (χ2v) is 6.59. The lowest BCUT2D eigenvalue weighted by Crippen LogP contribution is -2.41. The highest BCUT2D eigenvalue weighted by molar-refractivity contribution is 7.10. The Morgan fingerprint density at radius 3 is 2.95 bits per heavy atom. The summed E-state index contributed by atoms with van der Waals surface area (Å²) in [5, 5.41) is 5.06. The van der Waals surface area contributed by atoms with Crippen molar-refractivity contribution < 1.29 is 9.53 Å². The zero-order chi connectivity index (χ0) is 13.9. The van der Waals surface area contributed by atoms with Crippen molar-refractivity contribution in [1.29, 1.82) is 0 Å². The van der Waals surface area contributed by atoms with Crippen molar-refractivity contribution in [3.63, 3.8) is 0 Å². The summed E-state index contributed by atoms with van der Waals surface area (Å²) in [6, 6.07) is 4.14. The average Bonchev–Trinajstić information content (AvgIpc) is 3.06. The lowest BCUT2D eigenvalue weighted by atomic mass is 9.91. The molecule has 4 nitrogen and oxygen atoms in total. The number of rotatable bonds is 5. The smallest absolute Gasteiger partial charge is 0.249 e. The van der Waals surface area contributed by atoms with E-state index in [1.165, 1.54) is 4.88 Å². The molecule has 0 saturated carbocycles. The van der Waals surface area contributed by atoms with Gasteiger partial charge in [0.15, 0.2) is 0 Å². The molecule has 2 heterocycles. The summed E-state index contributed by atoms with van der Waals surface area (Å²) in [5.41, 5.74) is 5.50. The van der Waals surface area contributed by atoms with E-state index in [-0.39, 0.29) is 23.5 Å². The fraction of sp³-hybridized carbons (Fsp3) is 0.643. The van der Waals surface area contributed by atoms with Crippen molar-refractivity contribution in [3.05, 3.63) is 22.4 Å². The molecule has 0 spiro atoms. The second kappa shape index (κ2) is 6.03. The van der Waals surface area contributed by atoms with E-state index in [0.717, 1.165) is 12.8 Å². The minimum absolute atomic E-state index is 0.0134. The summed E-state index contributed by atoms with van der Waals surface area (Å²) >= 11 is 1.72. The third-order valence-electron chi connectivity index (χ3n) is 3.56. The summed E-state index contributed by atoms with van der Waals surface area (Å²) in [6.45, 7) is 5.39. The Morgan fingerprint density at radius 2 is 2.37 bits per heavy atom. The van der Waals surface area contributed by atoms with Gasteiger partial charge in [0.05, 0.1) is 6.10 Å². The first-order chi connectivity index (χ1) is 9.03. The lowest BCUT2D eigenvalue weighted by molar-refractivity contribution is -0.132. The fourth-order valence-corrected chi connectivity index (χ4v) is 3.10. The number of hydrogen-bond donors (Lipinski definition) is 2. The number of amides is 1. The Bertz CT molecular complexity index is 417. The van der Waals surface area contributed by atoms with Crippen LogP contribution in [0.1, 0.15) is 31.6 Å². The molecule has 0 unspecified atom stereocenters. The van der Waals surface area contributed by atoms with Gasteiger partial charge in [0, 0.05) is 23.4 Å². The van der Waals surface area contributed by atoms with Gasteiger partial charge in [0.25, 0.3) is 0 Å². The molecule has 2 rings (SSSR count). The molecule has 1 aliphatic heterocycles. The van der Waals surface area contributed by atoms with Crippen LogP contribution in [-0.2, 0) is 14.9 Å². The maximum absolute atomic E-state index is 12.0. The minimum atomic E-state index is -0.326. The van der Waals surface area contributed by atoms with Crippen LogP contribution in [0.2, 0.25) is 0 Å². The van der Waals surface area contributed by atoms with Crippen LogP contribution in [0.5, 0.6) is 0 Å². The molecule has 1 aromatic rings. The van der Waals surface area contributed by atoms with Gasteiger partial charge < -0.3 is 15.8 Å². The molecule has 1 aromatic heterocycles. The number of nitrogens with one attached hydrogen (secondary N) is 1. The van der Waals surface area contributed by atoms with Crippen molar-refractivity contribution in [3.8, 4) is 0 Å². The fourth-order valence-electron chi connectivity index (χ4n) is 2.24. The molecule has 5 heteroatoms. The molecule has 19 heavy (non-hydrogen) atoms. The highest BCUT2D eigenvalue weighted by atomic mass is 32.1. The number of thiophene rings is 1. The minimum Gasteiger partial charge on any atom is -0.364 e. The SMILES string of the molecule is CC(C)(CNC(=O)[C@@H]1CC[C@H](CN)O1)c1cccs1. The molecule has 1 saturated heterocycles. The molecule has 2 atom stereocenters. The largest absolute Gasteiger partial charge is 0.364 e. The zero-order valence-corrected chi connectivity index (χ0v) is 12.3. The van der Waals surface area contributed by atoms with Gasteiger partial charge in [-0.2, -0.15) is 0 Å². The number of carbonyl (C=O) groups excluding carboxylic acids is 1. The molecular formula is C14H22N2O2S. The zero-order valence-electron chi connectivity index (χ0n) is 11.5. The summed E-state index contributed by atoms with van der Waals surface area (Å²) < 4.78 is 5.59. The van der Waals surface area contributed by atoms with Gasteiger partial charge in [0.1, 0.15) is 6.10 Å². The summed E-state index contributed by atoms with van der Waals surface area (Å²) in [4.78, 5) is 13.3. The maximum atomic E-state index is 12.0. The number of ether oxygens (including phenoxy) is 1. The van der Waals surface area contributed by atoms with E-state index < -0.39 is 0 Å². The van der Waals surface area contributed by atoms with Gasteiger partial charge in [-0.05, 0) is 24.3 Å². The second-order valence-electron chi connectivity index (χ2n) is 5.64. The summed E-state index contributed by atoms with van der Waals surface area (Å²) in [6.07, 6.45) is 1.37. The van der Waals surface area contributed by atoms with Crippen molar-refractivity contribution in [1.82, 2.24) is 5.32 Å². The van der Waals surface area contributed by atoms with Gasteiger partial charge in [-0.1, -0.05) is 19.9 Å². The molecular weight excluding hydrogens is 260 g/mol. The summed E-state index contributed by atoms with van der Waals surface area (Å²) in [7, 11) is 0. The Morgan fingerprint density at radius 1 is 1.58 bits per heavy atom. The third-order valence-corrected chi connectivity index (χ3v) is 4.79. The molecule has 0 aliphatic carbocycles. The first-order valence-electron chi connectivity index (χ1n) is 6.70. The van der Waals surface area contributed by atoms with Crippen LogP contribution in [0.4, 0.5) is 0 Å². The quantitative estimate of drug-likeness (QED) is 0.863. The van der Waals surface area contributed by atoms with Crippen LogP contribution < -0.4 is 11.1 Å². The van der Waals surface area contributed by atoms with Crippen LogP contribution in [0, 0.1) is 0 Å². The molecule has 1 aliphatic rings. The van der Waals surface area contributed by atoms with Crippen molar-refractivity contribution in [2.24, 2.45) is 5.73 Å². The predicted octanol–water partition coefficient (Wildman–Crippen LogP) is 1.65. The highest BCUT2D eigenvalue weighted by Crippen LogP contribution is 2.27. The lowest BCUT2D eigenvalue weighted by Gasteiger charge is -2.24. The standard InChI is InChI=1S/C14H22N2O2S/c1-14(2,12-4-3-7-19-12)9-16-13(17)11-6-5-10(8-15)18-11/h3-4,7,10-11H,5-6,8-9,15H2,1-2H3,(H,16,17)/t10-,11+/m1/s1. The van der Waals surface area contributed by atoms with Crippen LogP contribution in [-0.4, -0.2) is 31.2 Å². The monoisotopic (exact) mass is 282 g/mol. The van der Waals surface area contributed by atoms with Crippen LogP contribution in [0.15, 0.2) is 17.5 Å². The molecule has 0 bridgehead atoms. The van der Waals surface area contributed by atoms with Gasteiger partial charge in [-0.15, -0.1) is 11.3 Å². The van der Waals surface area contributed by atoms with Gasteiger partial charge >= 0.3 is 0 Å². The van der Waals surface area contributed by atoms with Crippen molar-refractivity contribution in [2.75, 3.05) is 13.1 Å². The van der Waals surface area contributed by atoms with Crippen molar-refractivity contribution in [2.45, 2.75) is 44.3 Å². The molecule has 0 aromatic carbocycles. The summed E-state index contributed by atoms with van der Waals surface area (Å²) in [5.74, 6) is -0.0134. The molecule has 1 fully saturated rings. The van der Waals surface area contributed by atoms with E-state index in [9.17, 15) is 4.79 Å². The Labute approximate surface area is 118 Å². The number of nitrogens with two attached hydrogens (primary N) is 1. The molecule has 3 N–H and O–H groups in total. The Kier molecular flexibility index (Phi) is 4.60. The van der Waals surface area contributed by atoms with E-state index >= 15 is 0 Å². The van der Waals surface area contributed by atoms with Crippen molar-refractivity contribution >= 4 is 17.2 Å². The first-order valence-corrected chi connectivity index (χ1v) is 7.58. The molecule has 1 amide bonds. The maximum Gasteiger partial charge on any atom is 0.249 e. The van der Waals surface area contributed by atoms with Crippen LogP contribution >= 0.6 is 11.3 Å². The predicted molar refractivity (Wildman–Crippen MR) is 77.3 cm³/mol. The van der Waals surface area contributed by atoms with E-state index in [4.69, 9.17) is 10.5 Å². The first kappa shape index (κ1) is 14.5. The highest BCUT2D eigenvalue weighted by Gasteiger charge is 2.31. The Hall–Kier alpha value is -0.910. The van der Waals surface area contributed by atoms with Gasteiger partial charge in [-0.3, -0.25) is 4.79 Å². The third kappa shape index (κ3) is 3.55.